The van der Waals surface area contributed by atoms with Gasteiger partial charge in [-0.15, -0.1) is 0 Å². The highest BCUT2D eigenvalue weighted by Gasteiger charge is 2.53. The molecule has 2 aliphatic heterocycles. The number of nitrogens with one attached hydrogen (secondary N) is 1. The Balaban J connectivity index is 1.74. The summed E-state index contributed by atoms with van der Waals surface area (Å²) in [5.41, 5.74) is 0.959. The van der Waals surface area contributed by atoms with Gasteiger partial charge in [-0.1, -0.05) is 46.8 Å². The van der Waals surface area contributed by atoms with Gasteiger partial charge >= 0.3 is 6.09 Å². The molecular weight excluding hydrogens is 458 g/mol. The lowest BCUT2D eigenvalue weighted by Gasteiger charge is -2.31. The Hall–Kier alpha value is -2.61. The summed E-state index contributed by atoms with van der Waals surface area (Å²) < 4.78 is 5.52. The number of amides is 3. The van der Waals surface area contributed by atoms with Gasteiger partial charge in [-0.2, -0.15) is 0 Å². The van der Waals surface area contributed by atoms with Crippen LogP contribution in [0.3, 0.4) is 0 Å². The predicted molar refractivity (Wildman–Crippen MR) is 139 cm³/mol. The van der Waals surface area contributed by atoms with E-state index in [9.17, 15) is 19.5 Å². The van der Waals surface area contributed by atoms with Crippen LogP contribution in [0, 0.1) is 5.92 Å². The SMILES string of the molecule is CC(C)C[C@H](NC(=O)c1ccc(C(C)(C)C)cc1)C(=O)N1CCC2C1C(O)CN2C(=O)OC(C)(C)C. The van der Waals surface area contributed by atoms with Crippen molar-refractivity contribution >= 4 is 17.9 Å². The first-order chi connectivity index (χ1) is 16.6. The zero-order valence-corrected chi connectivity index (χ0v) is 23.0. The van der Waals surface area contributed by atoms with Gasteiger partial charge in [0.2, 0.25) is 5.91 Å². The fourth-order valence-electron chi connectivity index (χ4n) is 5.09. The molecule has 1 aromatic carbocycles. The van der Waals surface area contributed by atoms with E-state index in [-0.39, 0.29) is 35.7 Å². The third kappa shape index (κ3) is 6.38. The first-order valence-electron chi connectivity index (χ1n) is 13.0. The normalized spacial score (nSPS) is 23.0. The second-order valence-corrected chi connectivity index (χ2v) is 12.6. The molecule has 0 aliphatic carbocycles. The Kier molecular flexibility index (Phi) is 8.08. The summed E-state index contributed by atoms with van der Waals surface area (Å²) in [4.78, 5) is 42.7. The Bertz CT molecular complexity index is 961. The van der Waals surface area contributed by atoms with Crippen LogP contribution in [0.2, 0.25) is 0 Å². The number of benzene rings is 1. The van der Waals surface area contributed by atoms with E-state index in [1.807, 2.05) is 26.0 Å². The molecule has 0 bridgehead atoms. The third-order valence-electron chi connectivity index (χ3n) is 6.83. The van der Waals surface area contributed by atoms with Crippen LogP contribution in [0.25, 0.3) is 0 Å². The summed E-state index contributed by atoms with van der Waals surface area (Å²) in [6, 6.07) is 5.93. The number of likely N-dealkylation sites (tertiary alicyclic amines) is 2. The molecule has 2 fully saturated rings. The van der Waals surface area contributed by atoms with Crippen molar-refractivity contribution in [3.63, 3.8) is 0 Å². The van der Waals surface area contributed by atoms with Crippen molar-refractivity contribution in [2.75, 3.05) is 13.1 Å². The Labute approximate surface area is 215 Å². The molecule has 3 unspecified atom stereocenters. The van der Waals surface area contributed by atoms with Crippen molar-refractivity contribution in [2.24, 2.45) is 5.92 Å². The first-order valence-corrected chi connectivity index (χ1v) is 13.0. The maximum atomic E-state index is 13.7. The van der Waals surface area contributed by atoms with E-state index in [0.29, 0.717) is 24.9 Å². The number of carbonyl (C=O) groups excluding carboxylic acids is 3. The quantitative estimate of drug-likeness (QED) is 0.641. The van der Waals surface area contributed by atoms with Crippen molar-refractivity contribution in [3.8, 4) is 0 Å². The molecule has 8 heteroatoms. The highest BCUT2D eigenvalue weighted by atomic mass is 16.6. The van der Waals surface area contributed by atoms with Gasteiger partial charge in [0.25, 0.3) is 5.91 Å². The zero-order chi connectivity index (χ0) is 27.0. The van der Waals surface area contributed by atoms with Crippen molar-refractivity contribution in [1.82, 2.24) is 15.1 Å². The maximum absolute atomic E-state index is 13.7. The van der Waals surface area contributed by atoms with Gasteiger partial charge in [-0.3, -0.25) is 9.59 Å². The molecule has 0 aromatic heterocycles. The summed E-state index contributed by atoms with van der Waals surface area (Å²) in [7, 11) is 0. The van der Waals surface area contributed by atoms with E-state index in [1.54, 1.807) is 42.7 Å². The zero-order valence-electron chi connectivity index (χ0n) is 23.0. The van der Waals surface area contributed by atoms with Crippen LogP contribution in [-0.2, 0) is 14.9 Å². The van der Waals surface area contributed by atoms with Crippen LogP contribution in [0.4, 0.5) is 4.79 Å². The number of hydrogen-bond acceptors (Lipinski definition) is 5. The topological polar surface area (TPSA) is 99.2 Å². The van der Waals surface area contributed by atoms with Crippen LogP contribution in [-0.4, -0.2) is 75.7 Å². The van der Waals surface area contributed by atoms with E-state index >= 15 is 0 Å². The molecule has 2 heterocycles. The van der Waals surface area contributed by atoms with Gasteiger partial charge in [0, 0.05) is 12.1 Å². The molecule has 0 spiro atoms. The number of aliphatic hydroxyl groups is 1. The Morgan fingerprint density at radius 1 is 1.06 bits per heavy atom. The van der Waals surface area contributed by atoms with Crippen LogP contribution in [0.15, 0.2) is 24.3 Å². The molecule has 3 rings (SSSR count). The number of hydrogen-bond donors (Lipinski definition) is 2. The predicted octanol–water partition coefficient (Wildman–Crippen LogP) is 3.71. The monoisotopic (exact) mass is 501 g/mol. The highest BCUT2D eigenvalue weighted by molar-refractivity contribution is 5.97. The molecule has 0 radical (unpaired) electrons. The number of β-amino-alcohol motifs (C(OH)–C–C–N with tert-alkyl or cyclic N) is 1. The minimum atomic E-state index is -0.866. The van der Waals surface area contributed by atoms with Crippen molar-refractivity contribution in [2.45, 2.75) is 103 Å². The minimum absolute atomic E-state index is 0.0211. The Morgan fingerprint density at radius 3 is 2.19 bits per heavy atom. The minimum Gasteiger partial charge on any atom is -0.444 e. The number of nitrogens with zero attached hydrogens (tertiary/aromatic N) is 2. The molecule has 0 saturated carbocycles. The van der Waals surface area contributed by atoms with Crippen LogP contribution in [0.5, 0.6) is 0 Å². The van der Waals surface area contributed by atoms with Gasteiger partial charge in [0.15, 0.2) is 0 Å². The summed E-state index contributed by atoms with van der Waals surface area (Å²) in [5, 5.41) is 13.8. The fraction of sp³-hybridized carbons (Fsp3) is 0.679. The Morgan fingerprint density at radius 2 is 1.67 bits per heavy atom. The lowest BCUT2D eigenvalue weighted by Crippen LogP contribution is -2.53. The van der Waals surface area contributed by atoms with Crippen molar-refractivity contribution in [1.29, 1.82) is 0 Å². The fourth-order valence-corrected chi connectivity index (χ4v) is 5.09. The molecule has 200 valence electrons. The number of rotatable bonds is 5. The molecule has 8 nitrogen and oxygen atoms in total. The van der Waals surface area contributed by atoms with Gasteiger partial charge in [0.05, 0.1) is 24.7 Å². The molecule has 2 N–H and O–H groups in total. The molecule has 2 saturated heterocycles. The second-order valence-electron chi connectivity index (χ2n) is 12.6. The van der Waals surface area contributed by atoms with Crippen LogP contribution < -0.4 is 5.32 Å². The average molecular weight is 502 g/mol. The van der Waals surface area contributed by atoms with Gasteiger partial charge in [-0.05, 0) is 62.6 Å². The standard InChI is InChI=1S/C28H43N3O5/c1-17(2)15-20(29-24(33)18-9-11-19(12-10-18)27(3,4)5)25(34)30-14-13-21-23(30)22(32)16-31(21)26(35)36-28(6,7)8/h9-12,17,20-23,32H,13-16H2,1-8H3,(H,29,33)/t20-,21?,22?,23?/m0/s1. The molecular formula is C28H43N3O5. The largest absolute Gasteiger partial charge is 0.444 e. The van der Waals surface area contributed by atoms with E-state index < -0.39 is 29.9 Å². The van der Waals surface area contributed by atoms with Crippen molar-refractivity contribution in [3.05, 3.63) is 35.4 Å². The highest BCUT2D eigenvalue weighted by Crippen LogP contribution is 2.34. The number of fused-ring (bicyclic) bond motifs is 1. The van der Waals surface area contributed by atoms with Gasteiger partial charge < -0.3 is 25.0 Å². The molecule has 4 atom stereocenters. The lowest BCUT2D eigenvalue weighted by atomic mass is 9.86. The van der Waals surface area contributed by atoms with Gasteiger partial charge in [0.1, 0.15) is 11.6 Å². The summed E-state index contributed by atoms with van der Waals surface area (Å²) >= 11 is 0. The van der Waals surface area contributed by atoms with E-state index in [4.69, 9.17) is 4.74 Å². The van der Waals surface area contributed by atoms with Crippen molar-refractivity contribution < 1.29 is 24.2 Å². The number of aliphatic hydroxyl groups excluding tert-OH is 1. The van der Waals surface area contributed by atoms with E-state index in [2.05, 4.69) is 26.1 Å². The smallest absolute Gasteiger partial charge is 0.410 e. The molecule has 1 aromatic rings. The second kappa shape index (κ2) is 10.4. The molecule has 36 heavy (non-hydrogen) atoms. The molecule has 2 aliphatic rings. The first kappa shape index (κ1) is 28.0. The third-order valence-corrected chi connectivity index (χ3v) is 6.83. The van der Waals surface area contributed by atoms with E-state index in [0.717, 1.165) is 5.56 Å². The average Bonchev–Trinajstić information content (AvgIpc) is 3.32. The summed E-state index contributed by atoms with van der Waals surface area (Å²) in [5.74, 6) is -0.346. The summed E-state index contributed by atoms with van der Waals surface area (Å²) in [6.07, 6.45) is -0.309. The summed E-state index contributed by atoms with van der Waals surface area (Å²) in [6.45, 7) is 16.3. The lowest BCUT2D eigenvalue weighted by molar-refractivity contribution is -0.136. The molecule has 3 amide bonds. The van der Waals surface area contributed by atoms with Crippen LogP contribution >= 0.6 is 0 Å². The van der Waals surface area contributed by atoms with E-state index in [1.165, 1.54) is 0 Å². The maximum Gasteiger partial charge on any atom is 0.410 e. The van der Waals surface area contributed by atoms with Crippen LogP contribution in [0.1, 0.15) is 84.2 Å². The number of ether oxygens (including phenoxy) is 1. The van der Waals surface area contributed by atoms with Gasteiger partial charge in [-0.25, -0.2) is 4.79 Å². The number of carbonyl (C=O) groups is 3.